The normalized spacial score (nSPS) is 12.4. The topological polar surface area (TPSA) is 65.1 Å². The minimum absolute atomic E-state index is 0.303. The van der Waals surface area contributed by atoms with E-state index in [1.165, 1.54) is 0 Å². The summed E-state index contributed by atoms with van der Waals surface area (Å²) >= 11 is 0. The molecule has 132 valence electrons. The van der Waals surface area contributed by atoms with Crippen LogP contribution in [0.1, 0.15) is 24.1 Å². The molecule has 0 amide bonds. The van der Waals surface area contributed by atoms with Crippen molar-refractivity contribution < 1.29 is 9.26 Å². The lowest BCUT2D eigenvalue weighted by Crippen LogP contribution is -2.24. The van der Waals surface area contributed by atoms with E-state index in [9.17, 15) is 0 Å². The molecule has 0 bridgehead atoms. The summed E-state index contributed by atoms with van der Waals surface area (Å²) in [5.41, 5.74) is 4.22. The van der Waals surface area contributed by atoms with Gasteiger partial charge in [0.2, 0.25) is 0 Å². The number of rotatable bonds is 6. The molecule has 2 heterocycles. The van der Waals surface area contributed by atoms with Crippen LogP contribution >= 0.6 is 0 Å². The van der Waals surface area contributed by atoms with Gasteiger partial charge in [0.25, 0.3) is 5.89 Å². The maximum atomic E-state index is 5.50. The Morgan fingerprint density at radius 3 is 2.60 bits per heavy atom. The van der Waals surface area contributed by atoms with E-state index in [4.69, 9.17) is 9.26 Å². The summed E-state index contributed by atoms with van der Waals surface area (Å²) in [7, 11) is 3.59. The lowest BCUT2D eigenvalue weighted by Gasteiger charge is -2.10. The van der Waals surface area contributed by atoms with Gasteiger partial charge < -0.3 is 19.1 Å². The van der Waals surface area contributed by atoms with E-state index >= 15 is 0 Å². The molecule has 6 nitrogen and oxygen atoms in total. The molecule has 0 aliphatic heterocycles. The fraction of sp³-hybridized carbons (Fsp3) is 0.368. The minimum Gasteiger partial charge on any atom is -0.497 e. The van der Waals surface area contributed by atoms with Gasteiger partial charge in [0.05, 0.1) is 12.7 Å². The minimum atomic E-state index is 0.303. The molecule has 0 fully saturated rings. The maximum absolute atomic E-state index is 5.50. The summed E-state index contributed by atoms with van der Waals surface area (Å²) in [4.78, 5) is 4.55. The fourth-order valence-electron chi connectivity index (χ4n) is 2.93. The molecule has 1 aromatic carbocycles. The van der Waals surface area contributed by atoms with Crippen LogP contribution in [0.25, 0.3) is 17.1 Å². The molecule has 1 unspecified atom stereocenters. The molecule has 3 rings (SSSR count). The van der Waals surface area contributed by atoms with Crippen molar-refractivity contribution in [3.8, 4) is 22.9 Å². The van der Waals surface area contributed by atoms with Gasteiger partial charge in [-0.3, -0.25) is 0 Å². The molecule has 0 saturated carbocycles. The second-order valence-corrected chi connectivity index (χ2v) is 6.23. The Morgan fingerprint density at radius 1 is 1.24 bits per heavy atom. The molecule has 25 heavy (non-hydrogen) atoms. The van der Waals surface area contributed by atoms with Crippen LogP contribution in [0.4, 0.5) is 0 Å². The first-order chi connectivity index (χ1) is 12.0. The summed E-state index contributed by atoms with van der Waals surface area (Å²) < 4.78 is 12.9. The predicted octanol–water partition coefficient (Wildman–Crippen LogP) is 3.30. The van der Waals surface area contributed by atoms with Gasteiger partial charge in [-0.2, -0.15) is 4.98 Å². The smallest absolute Gasteiger partial charge is 0.259 e. The van der Waals surface area contributed by atoms with Gasteiger partial charge in [-0.1, -0.05) is 5.16 Å². The van der Waals surface area contributed by atoms with Gasteiger partial charge >= 0.3 is 0 Å². The van der Waals surface area contributed by atoms with Gasteiger partial charge in [0.15, 0.2) is 5.82 Å². The van der Waals surface area contributed by atoms with Crippen LogP contribution in [0.5, 0.6) is 5.75 Å². The number of ether oxygens (including phenoxy) is 1. The van der Waals surface area contributed by atoms with Gasteiger partial charge in [0, 0.05) is 29.5 Å². The van der Waals surface area contributed by atoms with Crippen LogP contribution in [0.2, 0.25) is 0 Å². The zero-order chi connectivity index (χ0) is 18.0. The summed E-state index contributed by atoms with van der Waals surface area (Å²) in [5, 5.41) is 7.29. The third-order valence-electron chi connectivity index (χ3n) is 4.44. The number of nitrogens with one attached hydrogen (secondary N) is 1. The number of aromatic nitrogens is 3. The number of benzene rings is 1. The Bertz CT molecular complexity index is 849. The van der Waals surface area contributed by atoms with Crippen molar-refractivity contribution in [3.05, 3.63) is 47.5 Å². The average molecular weight is 340 g/mol. The third-order valence-corrected chi connectivity index (χ3v) is 4.44. The molecular formula is C19H24N4O2. The van der Waals surface area contributed by atoms with Crippen molar-refractivity contribution in [1.82, 2.24) is 20.0 Å². The van der Waals surface area contributed by atoms with Gasteiger partial charge in [-0.05, 0) is 58.2 Å². The Balaban J connectivity index is 1.94. The van der Waals surface area contributed by atoms with Crippen molar-refractivity contribution in [1.29, 1.82) is 0 Å². The van der Waals surface area contributed by atoms with Crippen molar-refractivity contribution >= 4 is 0 Å². The third kappa shape index (κ3) is 3.44. The largest absolute Gasteiger partial charge is 0.497 e. The number of hydrogen-bond donors (Lipinski definition) is 1. The highest BCUT2D eigenvalue weighted by Crippen LogP contribution is 2.29. The zero-order valence-electron chi connectivity index (χ0n) is 15.3. The molecule has 0 aliphatic carbocycles. The first-order valence-electron chi connectivity index (χ1n) is 8.37. The monoisotopic (exact) mass is 340 g/mol. The predicted molar refractivity (Wildman–Crippen MR) is 97.3 cm³/mol. The second kappa shape index (κ2) is 7.11. The molecule has 3 aromatic rings. The molecule has 0 aliphatic rings. The lowest BCUT2D eigenvalue weighted by atomic mass is 10.2. The van der Waals surface area contributed by atoms with Crippen LogP contribution in [-0.2, 0) is 6.42 Å². The number of methoxy groups -OCH3 is 1. The van der Waals surface area contributed by atoms with Crippen molar-refractivity contribution in [2.24, 2.45) is 0 Å². The van der Waals surface area contributed by atoms with E-state index in [0.717, 1.165) is 34.8 Å². The molecule has 2 aromatic heterocycles. The van der Waals surface area contributed by atoms with E-state index in [1.54, 1.807) is 7.11 Å². The molecule has 1 N–H and O–H groups in total. The maximum Gasteiger partial charge on any atom is 0.259 e. The highest BCUT2D eigenvalue weighted by molar-refractivity contribution is 5.61. The van der Waals surface area contributed by atoms with E-state index in [-0.39, 0.29) is 0 Å². The van der Waals surface area contributed by atoms with Crippen molar-refractivity contribution in [3.63, 3.8) is 0 Å². The van der Waals surface area contributed by atoms with E-state index < -0.39 is 0 Å². The summed E-state index contributed by atoms with van der Waals surface area (Å²) in [6.45, 7) is 6.22. The number of hydrogen-bond acceptors (Lipinski definition) is 5. The molecular weight excluding hydrogens is 316 g/mol. The molecule has 0 radical (unpaired) electrons. The molecule has 6 heteroatoms. The summed E-state index contributed by atoms with van der Waals surface area (Å²) in [6, 6.07) is 10.4. The summed E-state index contributed by atoms with van der Waals surface area (Å²) in [5.74, 6) is 2.11. The Morgan fingerprint density at radius 2 is 1.96 bits per heavy atom. The first kappa shape index (κ1) is 17.2. The molecule has 1 atom stereocenters. The van der Waals surface area contributed by atoms with Crippen LogP contribution in [0, 0.1) is 13.8 Å². The van der Waals surface area contributed by atoms with Crippen LogP contribution in [0.3, 0.4) is 0 Å². The molecule has 0 spiro atoms. The standard InChI is InChI=1S/C19H24N4O2/c1-12(20-4)10-18-21-19(25-22-18)17-11-13(2)23(14(17)3)15-6-8-16(24-5)9-7-15/h6-9,11-12,20H,10H2,1-5H3. The number of aryl methyl sites for hydroxylation is 1. The van der Waals surface area contributed by atoms with Crippen LogP contribution in [0.15, 0.2) is 34.9 Å². The lowest BCUT2D eigenvalue weighted by molar-refractivity contribution is 0.414. The number of nitrogens with zero attached hydrogens (tertiary/aromatic N) is 3. The van der Waals surface area contributed by atoms with E-state index in [2.05, 4.69) is 46.9 Å². The first-order valence-corrected chi connectivity index (χ1v) is 8.37. The Labute approximate surface area is 147 Å². The van der Waals surface area contributed by atoms with Crippen molar-refractivity contribution in [2.75, 3.05) is 14.2 Å². The average Bonchev–Trinajstić information content (AvgIpc) is 3.19. The highest BCUT2D eigenvalue weighted by atomic mass is 16.5. The fourth-order valence-corrected chi connectivity index (χ4v) is 2.93. The molecule has 0 saturated heterocycles. The van der Waals surface area contributed by atoms with Crippen molar-refractivity contribution in [2.45, 2.75) is 33.2 Å². The zero-order valence-corrected chi connectivity index (χ0v) is 15.3. The summed E-state index contributed by atoms with van der Waals surface area (Å²) in [6.07, 6.45) is 0.733. The quantitative estimate of drug-likeness (QED) is 0.746. The van der Waals surface area contributed by atoms with Gasteiger partial charge in [-0.15, -0.1) is 0 Å². The number of likely N-dealkylation sites (N-methyl/N-ethyl adjacent to an activating group) is 1. The highest BCUT2D eigenvalue weighted by Gasteiger charge is 2.18. The van der Waals surface area contributed by atoms with Crippen LogP contribution in [-0.4, -0.2) is 34.9 Å². The van der Waals surface area contributed by atoms with Gasteiger partial charge in [0.1, 0.15) is 5.75 Å². The Kier molecular flexibility index (Phi) is 4.90. The Hall–Kier alpha value is -2.60. The second-order valence-electron chi connectivity index (χ2n) is 6.23. The van der Waals surface area contributed by atoms with E-state index in [0.29, 0.717) is 17.8 Å². The van der Waals surface area contributed by atoms with Gasteiger partial charge in [-0.25, -0.2) is 0 Å². The SMILES string of the molecule is CNC(C)Cc1noc(-c2cc(C)n(-c3ccc(OC)cc3)c2C)n1. The van der Waals surface area contributed by atoms with E-state index in [1.807, 2.05) is 31.3 Å². The van der Waals surface area contributed by atoms with Crippen LogP contribution < -0.4 is 10.1 Å².